The maximum atomic E-state index is 12.2. The van der Waals surface area contributed by atoms with E-state index in [2.05, 4.69) is 10.0 Å². The Morgan fingerprint density at radius 2 is 2.11 bits per heavy atom. The van der Waals surface area contributed by atoms with E-state index in [0.29, 0.717) is 19.7 Å². The number of piperidine rings is 1. The molecule has 0 spiro atoms. The van der Waals surface area contributed by atoms with Gasteiger partial charge in [-0.05, 0) is 32.9 Å². The monoisotopic (exact) mass is 279 g/mol. The van der Waals surface area contributed by atoms with E-state index in [9.17, 15) is 8.42 Å². The Kier molecular flexibility index (Phi) is 7.10. The van der Waals surface area contributed by atoms with E-state index in [4.69, 9.17) is 4.74 Å². The van der Waals surface area contributed by atoms with E-state index in [1.807, 2.05) is 7.05 Å². The SMILES string of the molecule is CNCCC1CCCCN1S(=O)(=O)NCCOC. The quantitative estimate of drug-likeness (QED) is 0.610. The molecular formula is C11H25N3O3S. The number of methoxy groups -OCH3 is 1. The molecule has 6 nitrogen and oxygen atoms in total. The topological polar surface area (TPSA) is 70.7 Å². The van der Waals surface area contributed by atoms with Crippen LogP contribution >= 0.6 is 0 Å². The van der Waals surface area contributed by atoms with Gasteiger partial charge in [0.25, 0.3) is 10.2 Å². The number of hydrogen-bond acceptors (Lipinski definition) is 4. The molecule has 1 saturated heterocycles. The molecule has 0 bridgehead atoms. The third kappa shape index (κ3) is 4.81. The molecule has 1 heterocycles. The second kappa shape index (κ2) is 8.06. The van der Waals surface area contributed by atoms with Crippen LogP contribution in [0, 0.1) is 0 Å². The molecule has 0 aromatic heterocycles. The Morgan fingerprint density at radius 1 is 1.33 bits per heavy atom. The first-order valence-electron chi connectivity index (χ1n) is 6.51. The molecule has 18 heavy (non-hydrogen) atoms. The third-order valence-electron chi connectivity index (χ3n) is 3.20. The van der Waals surface area contributed by atoms with Crippen molar-refractivity contribution in [1.82, 2.24) is 14.3 Å². The fourth-order valence-corrected chi connectivity index (χ4v) is 3.73. The fourth-order valence-electron chi connectivity index (χ4n) is 2.25. The molecule has 0 aliphatic carbocycles. The summed E-state index contributed by atoms with van der Waals surface area (Å²) in [6.45, 7) is 2.19. The van der Waals surface area contributed by atoms with Gasteiger partial charge in [0.15, 0.2) is 0 Å². The smallest absolute Gasteiger partial charge is 0.279 e. The molecule has 1 rings (SSSR count). The lowest BCUT2D eigenvalue weighted by Crippen LogP contribution is -2.50. The van der Waals surface area contributed by atoms with Gasteiger partial charge in [-0.1, -0.05) is 6.42 Å². The fraction of sp³-hybridized carbons (Fsp3) is 1.00. The largest absolute Gasteiger partial charge is 0.383 e. The molecule has 7 heteroatoms. The van der Waals surface area contributed by atoms with Crippen LogP contribution < -0.4 is 10.0 Å². The predicted octanol–water partition coefficient (Wildman–Crippen LogP) is -0.0688. The molecule has 0 amide bonds. The molecule has 1 aliphatic rings. The van der Waals surface area contributed by atoms with E-state index >= 15 is 0 Å². The standard InChI is InChI=1S/C11H25N3O3S/c1-12-7-6-11-5-3-4-9-14(11)18(15,16)13-8-10-17-2/h11-13H,3-10H2,1-2H3. The zero-order chi connectivity index (χ0) is 13.4. The summed E-state index contributed by atoms with van der Waals surface area (Å²) in [5.41, 5.74) is 0. The highest BCUT2D eigenvalue weighted by atomic mass is 32.2. The van der Waals surface area contributed by atoms with Gasteiger partial charge in [-0.2, -0.15) is 17.4 Å². The van der Waals surface area contributed by atoms with Gasteiger partial charge in [0.05, 0.1) is 6.61 Å². The van der Waals surface area contributed by atoms with E-state index in [-0.39, 0.29) is 6.04 Å². The Labute approximate surface area is 110 Å². The maximum absolute atomic E-state index is 12.2. The van der Waals surface area contributed by atoms with Gasteiger partial charge in [0, 0.05) is 26.2 Å². The number of rotatable bonds is 8. The summed E-state index contributed by atoms with van der Waals surface area (Å²) in [5, 5.41) is 3.08. The van der Waals surface area contributed by atoms with Gasteiger partial charge >= 0.3 is 0 Å². The maximum Gasteiger partial charge on any atom is 0.279 e. The summed E-state index contributed by atoms with van der Waals surface area (Å²) in [4.78, 5) is 0. The molecular weight excluding hydrogens is 254 g/mol. The highest BCUT2D eigenvalue weighted by Crippen LogP contribution is 2.21. The van der Waals surface area contributed by atoms with Crippen LogP contribution in [0.5, 0.6) is 0 Å². The normalized spacial score (nSPS) is 22.2. The number of hydrogen-bond donors (Lipinski definition) is 2. The first kappa shape index (κ1) is 15.8. The zero-order valence-electron chi connectivity index (χ0n) is 11.3. The van der Waals surface area contributed by atoms with Crippen molar-refractivity contribution in [2.75, 3.05) is 40.4 Å². The van der Waals surface area contributed by atoms with Crippen molar-refractivity contribution in [3.05, 3.63) is 0 Å². The van der Waals surface area contributed by atoms with Gasteiger partial charge in [-0.15, -0.1) is 0 Å². The minimum absolute atomic E-state index is 0.117. The van der Waals surface area contributed by atoms with Crippen LogP contribution in [-0.4, -0.2) is 59.2 Å². The molecule has 0 saturated carbocycles. The predicted molar refractivity (Wildman–Crippen MR) is 71.7 cm³/mol. The minimum atomic E-state index is -3.36. The Morgan fingerprint density at radius 3 is 2.78 bits per heavy atom. The lowest BCUT2D eigenvalue weighted by molar-refractivity contribution is 0.201. The van der Waals surface area contributed by atoms with Crippen LogP contribution in [0.1, 0.15) is 25.7 Å². The summed E-state index contributed by atoms with van der Waals surface area (Å²) >= 11 is 0. The van der Waals surface area contributed by atoms with Gasteiger partial charge < -0.3 is 10.1 Å². The van der Waals surface area contributed by atoms with Gasteiger partial charge in [-0.3, -0.25) is 0 Å². The number of nitrogens with zero attached hydrogens (tertiary/aromatic N) is 1. The minimum Gasteiger partial charge on any atom is -0.383 e. The van der Waals surface area contributed by atoms with Crippen molar-refractivity contribution < 1.29 is 13.2 Å². The summed E-state index contributed by atoms with van der Waals surface area (Å²) < 4.78 is 33.4. The molecule has 1 unspecified atom stereocenters. The molecule has 0 radical (unpaired) electrons. The first-order valence-corrected chi connectivity index (χ1v) is 7.96. The summed E-state index contributed by atoms with van der Waals surface area (Å²) in [6.07, 6.45) is 3.87. The van der Waals surface area contributed by atoms with Crippen LogP contribution in [-0.2, 0) is 14.9 Å². The zero-order valence-corrected chi connectivity index (χ0v) is 12.1. The lowest BCUT2D eigenvalue weighted by atomic mass is 10.0. The van der Waals surface area contributed by atoms with E-state index in [1.54, 1.807) is 11.4 Å². The Bertz CT molecular complexity index is 321. The van der Waals surface area contributed by atoms with Crippen LogP contribution in [0.4, 0.5) is 0 Å². The third-order valence-corrected chi connectivity index (χ3v) is 4.87. The molecule has 2 N–H and O–H groups in total. The van der Waals surface area contributed by atoms with Gasteiger partial charge in [-0.25, -0.2) is 0 Å². The van der Waals surface area contributed by atoms with Gasteiger partial charge in [0.2, 0.25) is 0 Å². The second-order valence-electron chi connectivity index (χ2n) is 4.54. The highest BCUT2D eigenvalue weighted by Gasteiger charge is 2.31. The summed E-state index contributed by atoms with van der Waals surface area (Å²) in [5.74, 6) is 0. The summed E-state index contributed by atoms with van der Waals surface area (Å²) in [6, 6.07) is 0.117. The van der Waals surface area contributed by atoms with E-state index in [1.165, 1.54) is 0 Å². The molecule has 1 aliphatic heterocycles. The highest BCUT2D eigenvalue weighted by molar-refractivity contribution is 7.87. The first-order chi connectivity index (χ1) is 8.61. The van der Waals surface area contributed by atoms with E-state index < -0.39 is 10.2 Å². The Hall–Kier alpha value is -0.210. The van der Waals surface area contributed by atoms with Crippen molar-refractivity contribution in [3.63, 3.8) is 0 Å². The van der Waals surface area contributed by atoms with Gasteiger partial charge in [0.1, 0.15) is 0 Å². The number of nitrogens with one attached hydrogen (secondary N) is 2. The molecule has 0 aromatic carbocycles. The van der Waals surface area contributed by atoms with Crippen molar-refractivity contribution in [2.24, 2.45) is 0 Å². The summed E-state index contributed by atoms with van der Waals surface area (Å²) in [7, 11) is 0.0882. The van der Waals surface area contributed by atoms with Crippen LogP contribution in [0.25, 0.3) is 0 Å². The average Bonchev–Trinajstić information content (AvgIpc) is 2.37. The van der Waals surface area contributed by atoms with E-state index in [0.717, 1.165) is 32.2 Å². The molecule has 1 atom stereocenters. The number of ether oxygens (including phenoxy) is 1. The lowest BCUT2D eigenvalue weighted by Gasteiger charge is -2.34. The van der Waals surface area contributed by atoms with Crippen molar-refractivity contribution in [3.8, 4) is 0 Å². The molecule has 108 valence electrons. The second-order valence-corrected chi connectivity index (χ2v) is 6.25. The Balaban J connectivity index is 2.57. The van der Waals surface area contributed by atoms with Crippen molar-refractivity contribution in [1.29, 1.82) is 0 Å². The van der Waals surface area contributed by atoms with Crippen LogP contribution in [0.15, 0.2) is 0 Å². The van der Waals surface area contributed by atoms with Crippen molar-refractivity contribution in [2.45, 2.75) is 31.7 Å². The molecule has 1 fully saturated rings. The van der Waals surface area contributed by atoms with Crippen LogP contribution in [0.3, 0.4) is 0 Å². The average molecular weight is 279 g/mol. The molecule has 0 aromatic rings. The van der Waals surface area contributed by atoms with Crippen molar-refractivity contribution >= 4 is 10.2 Å². The van der Waals surface area contributed by atoms with Crippen LogP contribution in [0.2, 0.25) is 0 Å².